The Labute approximate surface area is 181 Å². The average Bonchev–Trinajstić information content (AvgIpc) is 3.02. The molecule has 28 heavy (non-hydrogen) atoms. The van der Waals surface area contributed by atoms with Crippen molar-refractivity contribution in [3.05, 3.63) is 48.0 Å². The largest absolute Gasteiger partial charge is 0.496 e. The molecule has 0 saturated carbocycles. The lowest BCUT2D eigenvalue weighted by Crippen LogP contribution is -2.41. The minimum absolute atomic E-state index is 0.255. The lowest BCUT2D eigenvalue weighted by atomic mass is 9.79. The van der Waals surface area contributed by atoms with Crippen molar-refractivity contribution in [2.45, 2.75) is 45.8 Å². The van der Waals surface area contributed by atoms with Gasteiger partial charge in [0.25, 0.3) is 0 Å². The molecule has 0 spiro atoms. The molecule has 0 unspecified atom stereocenters. The fourth-order valence-corrected chi connectivity index (χ4v) is 5.33. The van der Waals surface area contributed by atoms with Gasteiger partial charge in [0.1, 0.15) is 5.82 Å². The van der Waals surface area contributed by atoms with E-state index in [1.165, 1.54) is 6.07 Å². The molecule has 0 amide bonds. The maximum Gasteiger partial charge on any atom is 0.496 e. The molecule has 4 rings (SSSR count). The van der Waals surface area contributed by atoms with Crippen LogP contribution in [0.3, 0.4) is 0 Å². The van der Waals surface area contributed by atoms with Crippen LogP contribution in [-0.4, -0.2) is 27.3 Å². The molecular weight excluding hydrogens is 489 g/mol. The smallest absolute Gasteiger partial charge is 0.399 e. The minimum atomic E-state index is -0.488. The average molecular weight is 510 g/mol. The van der Waals surface area contributed by atoms with Gasteiger partial charge in [0.05, 0.1) is 11.2 Å². The molecule has 8 heteroatoms. The van der Waals surface area contributed by atoms with Gasteiger partial charge in [-0.05, 0) is 58.4 Å². The number of halogens is 2. The maximum absolute atomic E-state index is 13.9. The van der Waals surface area contributed by atoms with Gasteiger partial charge >= 0.3 is 7.12 Å². The van der Waals surface area contributed by atoms with Gasteiger partial charge in [0.15, 0.2) is 5.65 Å². The molecule has 4 nitrogen and oxygen atoms in total. The highest BCUT2D eigenvalue weighted by Crippen LogP contribution is 2.39. The summed E-state index contributed by atoms with van der Waals surface area (Å²) >= 11 is 2.24. The van der Waals surface area contributed by atoms with Crippen molar-refractivity contribution in [1.82, 2.24) is 8.96 Å². The predicted octanol–water partition coefficient (Wildman–Crippen LogP) is 5.30. The van der Waals surface area contributed by atoms with Crippen LogP contribution in [-0.2, 0) is 9.31 Å². The molecule has 0 atom stereocenters. The summed E-state index contributed by atoms with van der Waals surface area (Å²) in [7, 11) is 1.06. The van der Waals surface area contributed by atoms with Gasteiger partial charge in [-0.25, -0.2) is 9.37 Å². The first-order valence-electron chi connectivity index (χ1n) is 9.06. The van der Waals surface area contributed by atoms with Gasteiger partial charge in [0, 0.05) is 58.6 Å². The number of nitrogens with zero attached hydrogens (tertiary/aromatic N) is 2. The fraction of sp³-hybridized carbons (Fsp3) is 0.350. The van der Waals surface area contributed by atoms with Gasteiger partial charge in [-0.1, -0.05) is 12.1 Å². The van der Waals surface area contributed by atoms with Crippen molar-refractivity contribution < 1.29 is 13.7 Å². The van der Waals surface area contributed by atoms with Crippen LogP contribution in [0.4, 0.5) is 4.39 Å². The minimum Gasteiger partial charge on any atom is -0.399 e. The van der Waals surface area contributed by atoms with Crippen LogP contribution < -0.4 is 5.46 Å². The highest BCUT2D eigenvalue weighted by Gasteiger charge is 2.51. The molecular formula is C20H21BFIN2O2S. The molecule has 1 saturated heterocycles. The third-order valence-electron chi connectivity index (χ3n) is 5.72. The standard InChI is InChI=1S/C20H21BFIN2O2S/c1-12-17(13-7-6-8-15(22)9-13)16-10-14(11-24-18(16)25(12)28-23)21-26-19(2,3)20(4,5)27-21/h6-11H,1-5H3. The van der Waals surface area contributed by atoms with Crippen molar-refractivity contribution in [1.29, 1.82) is 0 Å². The summed E-state index contributed by atoms with van der Waals surface area (Å²) in [5.74, 6) is -0.255. The van der Waals surface area contributed by atoms with Gasteiger partial charge in [-0.15, -0.1) is 0 Å². The number of rotatable bonds is 3. The summed E-state index contributed by atoms with van der Waals surface area (Å²) in [6.45, 7) is 10.2. The molecule has 1 aliphatic heterocycles. The summed E-state index contributed by atoms with van der Waals surface area (Å²) in [6, 6.07) is 8.73. The van der Waals surface area contributed by atoms with E-state index >= 15 is 0 Å². The van der Waals surface area contributed by atoms with E-state index in [4.69, 9.17) is 14.3 Å². The Morgan fingerprint density at radius 3 is 2.43 bits per heavy atom. The topological polar surface area (TPSA) is 36.3 Å². The van der Waals surface area contributed by atoms with Gasteiger partial charge in [-0.3, -0.25) is 3.97 Å². The quantitative estimate of drug-likeness (QED) is 0.355. The van der Waals surface area contributed by atoms with Crippen LogP contribution in [0.25, 0.3) is 22.2 Å². The molecule has 0 aliphatic carbocycles. The molecule has 3 heterocycles. The van der Waals surface area contributed by atoms with Gasteiger partial charge < -0.3 is 9.31 Å². The van der Waals surface area contributed by atoms with E-state index < -0.39 is 18.3 Å². The van der Waals surface area contributed by atoms with E-state index in [1.54, 1.807) is 21.3 Å². The first-order valence-corrected chi connectivity index (χ1v) is 12.4. The first-order chi connectivity index (χ1) is 13.1. The number of aromatic nitrogens is 2. The molecule has 1 fully saturated rings. The zero-order valence-corrected chi connectivity index (χ0v) is 19.4. The maximum atomic E-state index is 13.9. The second-order valence-corrected chi connectivity index (χ2v) is 9.75. The number of hydrogen-bond donors (Lipinski definition) is 0. The van der Waals surface area contributed by atoms with Crippen molar-refractivity contribution in [3.8, 4) is 11.1 Å². The van der Waals surface area contributed by atoms with Crippen LogP contribution in [0.5, 0.6) is 0 Å². The zero-order chi connectivity index (χ0) is 20.3. The zero-order valence-electron chi connectivity index (χ0n) is 16.4. The molecule has 3 aromatic rings. The Hall–Kier alpha value is -1.10. The summed E-state index contributed by atoms with van der Waals surface area (Å²) in [5, 5.41) is 0.958. The van der Waals surface area contributed by atoms with Gasteiger partial charge in [-0.2, -0.15) is 0 Å². The van der Waals surface area contributed by atoms with E-state index in [-0.39, 0.29) is 5.82 Å². The molecule has 0 radical (unpaired) electrons. The van der Waals surface area contributed by atoms with E-state index in [0.717, 1.165) is 33.3 Å². The van der Waals surface area contributed by atoms with Crippen LogP contribution in [0.15, 0.2) is 36.5 Å². The number of hydrogen-bond acceptors (Lipinski definition) is 4. The fourth-order valence-electron chi connectivity index (χ4n) is 3.48. The molecule has 1 aliphatic rings. The Bertz CT molecular complexity index is 1050. The number of fused-ring (bicyclic) bond motifs is 1. The number of pyridine rings is 1. The van der Waals surface area contributed by atoms with E-state index in [0.29, 0.717) is 0 Å². The molecule has 0 N–H and O–H groups in total. The Morgan fingerprint density at radius 2 is 1.82 bits per heavy atom. The van der Waals surface area contributed by atoms with Crippen molar-refractivity contribution in [2.24, 2.45) is 0 Å². The summed E-state index contributed by atoms with van der Waals surface area (Å²) in [5.41, 5.74) is 3.70. The highest BCUT2D eigenvalue weighted by molar-refractivity contribution is 14.2. The van der Waals surface area contributed by atoms with Crippen LogP contribution >= 0.6 is 30.3 Å². The van der Waals surface area contributed by atoms with Crippen LogP contribution in [0.1, 0.15) is 33.4 Å². The van der Waals surface area contributed by atoms with E-state index in [9.17, 15) is 4.39 Å². The third kappa shape index (κ3) is 3.18. The molecule has 0 bridgehead atoms. The Balaban J connectivity index is 1.89. The van der Waals surface area contributed by atoms with E-state index in [2.05, 4.69) is 31.2 Å². The monoisotopic (exact) mass is 510 g/mol. The normalized spacial score (nSPS) is 18.2. The number of benzene rings is 1. The second kappa shape index (κ2) is 7.00. The lowest BCUT2D eigenvalue weighted by Gasteiger charge is -2.32. The van der Waals surface area contributed by atoms with Crippen LogP contribution in [0.2, 0.25) is 0 Å². The summed E-state index contributed by atoms with van der Waals surface area (Å²) in [4.78, 5) is 4.71. The lowest BCUT2D eigenvalue weighted by molar-refractivity contribution is 0.00578. The SMILES string of the molecule is Cc1c(-c2cccc(F)c2)c2cc(B3OC(C)(C)C(C)(C)O3)cnc2n1SI. The van der Waals surface area contributed by atoms with Gasteiger partial charge in [0.2, 0.25) is 0 Å². The Kier molecular flexibility index (Phi) is 5.05. The molecule has 146 valence electrons. The first kappa shape index (κ1) is 20.2. The predicted molar refractivity (Wildman–Crippen MR) is 123 cm³/mol. The summed E-state index contributed by atoms with van der Waals surface area (Å²) < 4.78 is 28.3. The molecule has 2 aromatic heterocycles. The Morgan fingerprint density at radius 1 is 1.14 bits per heavy atom. The van der Waals surface area contributed by atoms with E-state index in [1.807, 2.05) is 46.9 Å². The third-order valence-corrected chi connectivity index (χ3v) is 7.49. The van der Waals surface area contributed by atoms with Crippen LogP contribution in [0, 0.1) is 12.7 Å². The summed E-state index contributed by atoms with van der Waals surface area (Å²) in [6.07, 6.45) is 1.81. The van der Waals surface area contributed by atoms with Crippen molar-refractivity contribution in [2.75, 3.05) is 0 Å². The highest BCUT2D eigenvalue weighted by atomic mass is 127. The second-order valence-electron chi connectivity index (χ2n) is 8.06. The van der Waals surface area contributed by atoms with Crippen molar-refractivity contribution in [3.63, 3.8) is 0 Å². The van der Waals surface area contributed by atoms with Crippen molar-refractivity contribution >= 4 is 53.9 Å². The molecule has 1 aromatic carbocycles.